The summed E-state index contributed by atoms with van der Waals surface area (Å²) < 4.78 is 5.10. The van der Waals surface area contributed by atoms with Crippen molar-refractivity contribution in [3.63, 3.8) is 0 Å². The van der Waals surface area contributed by atoms with Gasteiger partial charge in [0.25, 0.3) is 0 Å². The maximum Gasteiger partial charge on any atom is 0.234 e. The minimum Gasteiger partial charge on any atom is -0.508 e. The fraction of sp³-hybridized carbons (Fsp3) is 0.381. The molecule has 1 fully saturated rings. The average Bonchev–Trinajstić information content (AvgIpc) is 2.69. The summed E-state index contributed by atoms with van der Waals surface area (Å²) in [5.41, 5.74) is 3.31. The van der Waals surface area contributed by atoms with Crippen LogP contribution in [0.1, 0.15) is 11.1 Å². The fourth-order valence-corrected chi connectivity index (χ4v) is 3.21. The Balaban J connectivity index is 1.39. The Labute approximate surface area is 160 Å². The summed E-state index contributed by atoms with van der Waals surface area (Å²) in [5.74, 6) is 0.330. The zero-order valence-electron chi connectivity index (χ0n) is 15.7. The van der Waals surface area contributed by atoms with Crippen LogP contribution in [0, 0.1) is 0 Å². The van der Waals surface area contributed by atoms with Gasteiger partial charge in [-0.25, -0.2) is 0 Å². The van der Waals surface area contributed by atoms with Gasteiger partial charge >= 0.3 is 0 Å². The highest BCUT2D eigenvalue weighted by Gasteiger charge is 2.19. The van der Waals surface area contributed by atoms with Crippen LogP contribution in [0.3, 0.4) is 0 Å². The molecule has 2 aromatic rings. The number of hydrogen-bond donors (Lipinski definition) is 2. The van der Waals surface area contributed by atoms with Gasteiger partial charge < -0.3 is 20.1 Å². The number of ether oxygens (including phenoxy) is 1. The molecular weight excluding hydrogens is 342 g/mol. The molecule has 0 aromatic heterocycles. The van der Waals surface area contributed by atoms with Crippen molar-refractivity contribution in [3.8, 4) is 5.75 Å². The van der Waals surface area contributed by atoms with Crippen LogP contribution < -0.4 is 10.2 Å². The maximum absolute atomic E-state index is 12.2. The van der Waals surface area contributed by atoms with Gasteiger partial charge in [0.1, 0.15) is 5.75 Å². The molecule has 0 unspecified atom stereocenters. The lowest BCUT2D eigenvalue weighted by Crippen LogP contribution is -2.49. The van der Waals surface area contributed by atoms with E-state index in [9.17, 15) is 9.90 Å². The third-order valence-electron chi connectivity index (χ3n) is 4.78. The second-order valence-electron chi connectivity index (χ2n) is 6.81. The number of nitrogens with zero attached hydrogens (tertiary/aromatic N) is 2. The third kappa shape index (κ3) is 5.70. The number of carbonyl (C=O) groups is 1. The number of piperazine rings is 1. The lowest BCUT2D eigenvalue weighted by molar-refractivity contribution is -0.122. The van der Waals surface area contributed by atoms with Gasteiger partial charge in [0.2, 0.25) is 5.91 Å². The summed E-state index contributed by atoms with van der Waals surface area (Å²) in [6, 6.07) is 15.3. The van der Waals surface area contributed by atoms with Gasteiger partial charge in [0, 0.05) is 45.5 Å². The molecule has 144 valence electrons. The molecule has 2 N–H and O–H groups in total. The van der Waals surface area contributed by atoms with Crippen molar-refractivity contribution in [2.45, 2.75) is 13.2 Å². The number of carbonyl (C=O) groups excluding carboxylic acids is 1. The number of hydrogen-bond acceptors (Lipinski definition) is 5. The highest BCUT2D eigenvalue weighted by molar-refractivity contribution is 5.78. The average molecular weight is 369 g/mol. The first-order valence-corrected chi connectivity index (χ1v) is 9.24. The molecule has 0 saturated carbocycles. The number of phenols is 1. The highest BCUT2D eigenvalue weighted by Crippen LogP contribution is 2.19. The van der Waals surface area contributed by atoms with Gasteiger partial charge in [0.15, 0.2) is 0 Å². The zero-order chi connectivity index (χ0) is 19.1. The Hall–Kier alpha value is -2.57. The highest BCUT2D eigenvalue weighted by atomic mass is 16.5. The van der Waals surface area contributed by atoms with Gasteiger partial charge in [-0.3, -0.25) is 9.69 Å². The van der Waals surface area contributed by atoms with Crippen molar-refractivity contribution in [1.29, 1.82) is 0 Å². The lowest BCUT2D eigenvalue weighted by Gasteiger charge is -2.35. The van der Waals surface area contributed by atoms with E-state index in [0.29, 0.717) is 19.7 Å². The van der Waals surface area contributed by atoms with Crippen molar-refractivity contribution >= 4 is 11.6 Å². The second kappa shape index (κ2) is 9.39. The fourth-order valence-electron chi connectivity index (χ4n) is 3.21. The molecule has 6 nitrogen and oxygen atoms in total. The molecule has 0 radical (unpaired) electrons. The largest absolute Gasteiger partial charge is 0.508 e. The third-order valence-corrected chi connectivity index (χ3v) is 4.78. The lowest BCUT2D eigenvalue weighted by atomic mass is 10.1. The molecule has 1 aliphatic rings. The van der Waals surface area contributed by atoms with E-state index in [4.69, 9.17) is 4.74 Å². The van der Waals surface area contributed by atoms with Gasteiger partial charge in [-0.15, -0.1) is 0 Å². The zero-order valence-corrected chi connectivity index (χ0v) is 15.7. The molecule has 0 atom stereocenters. The molecule has 0 bridgehead atoms. The van der Waals surface area contributed by atoms with Gasteiger partial charge in [0.05, 0.1) is 13.2 Å². The Morgan fingerprint density at radius 1 is 1.00 bits per heavy atom. The molecule has 0 spiro atoms. The Morgan fingerprint density at radius 2 is 1.63 bits per heavy atom. The Bertz CT molecular complexity index is 723. The van der Waals surface area contributed by atoms with E-state index in [-0.39, 0.29) is 11.7 Å². The molecule has 6 heteroatoms. The predicted octanol–water partition coefficient (Wildman–Crippen LogP) is 1.98. The SMILES string of the molecule is COCc1ccc(CNC(=O)CN2CCN(c3ccc(O)cc3)CC2)cc1. The Kier molecular flexibility index (Phi) is 6.68. The second-order valence-corrected chi connectivity index (χ2v) is 6.81. The van der Waals surface area contributed by atoms with E-state index in [2.05, 4.69) is 15.1 Å². The summed E-state index contributed by atoms with van der Waals surface area (Å²) in [6.07, 6.45) is 0. The predicted molar refractivity (Wildman–Crippen MR) is 106 cm³/mol. The summed E-state index contributed by atoms with van der Waals surface area (Å²) in [6.45, 7) is 5.01. The number of benzene rings is 2. The molecule has 1 saturated heterocycles. The van der Waals surface area contributed by atoms with Gasteiger partial charge in [-0.05, 0) is 35.4 Å². The summed E-state index contributed by atoms with van der Waals surface area (Å²) in [5, 5.41) is 12.4. The van der Waals surface area contributed by atoms with E-state index in [0.717, 1.165) is 43.0 Å². The minimum atomic E-state index is 0.0500. The van der Waals surface area contributed by atoms with Gasteiger partial charge in [-0.2, -0.15) is 0 Å². The molecule has 1 amide bonds. The summed E-state index contributed by atoms with van der Waals surface area (Å²) >= 11 is 0. The standard InChI is InChI=1S/C21H27N3O3/c1-27-16-18-4-2-17(3-5-18)14-22-21(26)15-23-10-12-24(13-11-23)19-6-8-20(25)9-7-19/h2-9,25H,10-16H2,1H3,(H,22,26). The number of rotatable bonds is 7. The van der Waals surface area contributed by atoms with Crippen LogP contribution in [-0.4, -0.2) is 55.7 Å². The molecule has 3 rings (SSSR count). The minimum absolute atomic E-state index is 0.0500. The van der Waals surface area contributed by atoms with Gasteiger partial charge in [-0.1, -0.05) is 24.3 Å². The van der Waals surface area contributed by atoms with Crippen molar-refractivity contribution < 1.29 is 14.6 Å². The number of amides is 1. The molecule has 2 aromatic carbocycles. The van der Waals surface area contributed by atoms with E-state index in [1.807, 2.05) is 36.4 Å². The van der Waals surface area contributed by atoms with Crippen LogP contribution in [0.15, 0.2) is 48.5 Å². The normalized spacial score (nSPS) is 14.9. The quantitative estimate of drug-likeness (QED) is 0.781. The van der Waals surface area contributed by atoms with Crippen LogP contribution in [0.4, 0.5) is 5.69 Å². The van der Waals surface area contributed by atoms with Crippen LogP contribution in [0.25, 0.3) is 0 Å². The maximum atomic E-state index is 12.2. The number of phenolic OH excluding ortho intramolecular Hbond substituents is 1. The van der Waals surface area contributed by atoms with Crippen molar-refractivity contribution in [1.82, 2.24) is 10.2 Å². The first-order valence-electron chi connectivity index (χ1n) is 9.24. The van der Waals surface area contributed by atoms with E-state index in [1.54, 1.807) is 19.2 Å². The molecule has 0 aliphatic carbocycles. The molecule has 1 aliphatic heterocycles. The molecule has 1 heterocycles. The van der Waals surface area contributed by atoms with Crippen LogP contribution in [-0.2, 0) is 22.7 Å². The van der Waals surface area contributed by atoms with Crippen molar-refractivity contribution in [2.24, 2.45) is 0 Å². The number of nitrogens with one attached hydrogen (secondary N) is 1. The molecule has 27 heavy (non-hydrogen) atoms. The summed E-state index contributed by atoms with van der Waals surface area (Å²) in [4.78, 5) is 16.7. The van der Waals surface area contributed by atoms with Crippen molar-refractivity contribution in [3.05, 3.63) is 59.7 Å². The Morgan fingerprint density at radius 3 is 2.26 bits per heavy atom. The molecular formula is C21H27N3O3. The van der Waals surface area contributed by atoms with Crippen LogP contribution in [0.5, 0.6) is 5.75 Å². The van der Waals surface area contributed by atoms with E-state index >= 15 is 0 Å². The van der Waals surface area contributed by atoms with Crippen molar-refractivity contribution in [2.75, 3.05) is 44.7 Å². The monoisotopic (exact) mass is 369 g/mol. The smallest absolute Gasteiger partial charge is 0.234 e. The van der Waals surface area contributed by atoms with E-state index in [1.165, 1.54) is 0 Å². The number of anilines is 1. The first kappa shape index (κ1) is 19.2. The van der Waals surface area contributed by atoms with Crippen LogP contribution in [0.2, 0.25) is 0 Å². The topological polar surface area (TPSA) is 65.0 Å². The van der Waals surface area contributed by atoms with Crippen LogP contribution >= 0.6 is 0 Å². The van der Waals surface area contributed by atoms with E-state index < -0.39 is 0 Å². The summed E-state index contributed by atoms with van der Waals surface area (Å²) in [7, 11) is 1.68. The number of aromatic hydroxyl groups is 1. The first-order chi connectivity index (χ1) is 13.1. The number of methoxy groups -OCH3 is 1.